The molecule has 0 aliphatic heterocycles. The summed E-state index contributed by atoms with van der Waals surface area (Å²) >= 11 is 9.79. The van der Waals surface area contributed by atoms with Crippen LogP contribution in [0.25, 0.3) is 0 Å². The van der Waals surface area contributed by atoms with Crippen molar-refractivity contribution in [2.75, 3.05) is 7.11 Å². The normalized spacial score (nSPS) is 11.0. The number of methoxy groups -OCH3 is 1. The van der Waals surface area contributed by atoms with Gasteiger partial charge in [-0.3, -0.25) is 4.79 Å². The van der Waals surface area contributed by atoms with Crippen LogP contribution in [-0.4, -0.2) is 19.2 Å². The van der Waals surface area contributed by atoms with Crippen molar-refractivity contribution in [1.82, 2.24) is 5.43 Å². The molecule has 182 valence electrons. The van der Waals surface area contributed by atoms with E-state index in [9.17, 15) is 4.79 Å². The monoisotopic (exact) mass is 562 g/mol. The number of nitrogens with zero attached hydrogens (tertiary/aromatic N) is 1. The fourth-order valence-corrected chi connectivity index (χ4v) is 4.51. The summed E-state index contributed by atoms with van der Waals surface area (Å²) in [5.74, 6) is 0.364. The largest absolute Gasteiger partial charge is 0.493 e. The van der Waals surface area contributed by atoms with E-state index in [4.69, 9.17) is 21.1 Å². The summed E-state index contributed by atoms with van der Waals surface area (Å²) in [5.41, 5.74) is 6.05. The number of carbonyl (C=O) groups excluding carboxylic acids is 1. The standard InChI is InChI=1S/C29H24BrClN2O3/c1-35-26-17-20(16-24(30)28(26)36-19-23-14-8-9-15-25(23)31)18-32-33-29(34)27(21-10-4-2-5-11-21)22-12-6-3-7-13-22/h2-18,27H,19H2,1H3,(H,33,34)/b32-18+. The number of hydrazone groups is 1. The van der Waals surface area contributed by atoms with Crippen molar-refractivity contribution in [2.45, 2.75) is 12.5 Å². The Morgan fingerprint density at radius 2 is 1.58 bits per heavy atom. The van der Waals surface area contributed by atoms with Crippen molar-refractivity contribution in [1.29, 1.82) is 0 Å². The molecular formula is C29H24BrClN2O3. The lowest BCUT2D eigenvalue weighted by molar-refractivity contribution is -0.121. The number of hydrogen-bond donors (Lipinski definition) is 1. The Hall–Kier alpha value is -3.61. The Balaban J connectivity index is 1.49. The second-order valence-electron chi connectivity index (χ2n) is 7.90. The highest BCUT2D eigenvalue weighted by molar-refractivity contribution is 9.10. The van der Waals surface area contributed by atoms with E-state index in [-0.39, 0.29) is 5.91 Å². The molecule has 0 heterocycles. The first-order valence-electron chi connectivity index (χ1n) is 11.2. The summed E-state index contributed by atoms with van der Waals surface area (Å²) in [6, 6.07) is 30.4. The minimum atomic E-state index is -0.480. The number of ether oxygens (including phenoxy) is 2. The van der Waals surface area contributed by atoms with E-state index < -0.39 is 5.92 Å². The van der Waals surface area contributed by atoms with Gasteiger partial charge in [0.25, 0.3) is 5.91 Å². The summed E-state index contributed by atoms with van der Waals surface area (Å²) in [7, 11) is 1.57. The molecule has 0 radical (unpaired) electrons. The Bertz CT molecular complexity index is 1310. The van der Waals surface area contributed by atoms with Crippen molar-refractivity contribution < 1.29 is 14.3 Å². The van der Waals surface area contributed by atoms with Gasteiger partial charge in [0, 0.05) is 10.6 Å². The summed E-state index contributed by atoms with van der Waals surface area (Å²) in [4.78, 5) is 13.1. The Labute approximate surface area is 223 Å². The quantitative estimate of drug-likeness (QED) is 0.177. The van der Waals surface area contributed by atoms with Gasteiger partial charge in [-0.05, 0) is 50.8 Å². The van der Waals surface area contributed by atoms with Crippen LogP contribution in [0.4, 0.5) is 0 Å². The van der Waals surface area contributed by atoms with Gasteiger partial charge >= 0.3 is 0 Å². The Morgan fingerprint density at radius 1 is 0.972 bits per heavy atom. The van der Waals surface area contributed by atoms with Gasteiger partial charge in [-0.1, -0.05) is 90.5 Å². The molecule has 0 saturated heterocycles. The van der Waals surface area contributed by atoms with Gasteiger partial charge in [0.2, 0.25) is 0 Å². The minimum absolute atomic E-state index is 0.227. The van der Waals surface area contributed by atoms with Crippen molar-refractivity contribution in [3.8, 4) is 11.5 Å². The molecule has 4 aromatic carbocycles. The molecule has 0 fully saturated rings. The molecule has 4 aromatic rings. The fraction of sp³-hybridized carbons (Fsp3) is 0.103. The lowest BCUT2D eigenvalue weighted by atomic mass is 9.91. The van der Waals surface area contributed by atoms with Crippen LogP contribution in [-0.2, 0) is 11.4 Å². The molecule has 1 amide bonds. The zero-order valence-electron chi connectivity index (χ0n) is 19.5. The molecule has 0 aliphatic carbocycles. The highest BCUT2D eigenvalue weighted by Crippen LogP contribution is 2.37. The number of nitrogens with one attached hydrogen (secondary N) is 1. The molecule has 5 nitrogen and oxygen atoms in total. The molecule has 0 unspecified atom stereocenters. The van der Waals surface area contributed by atoms with Crippen LogP contribution >= 0.6 is 27.5 Å². The first-order valence-corrected chi connectivity index (χ1v) is 12.4. The van der Waals surface area contributed by atoms with Crippen LogP contribution in [0.15, 0.2) is 107 Å². The maximum absolute atomic E-state index is 13.1. The van der Waals surface area contributed by atoms with Gasteiger partial charge in [-0.2, -0.15) is 5.10 Å². The van der Waals surface area contributed by atoms with Crippen LogP contribution in [0.2, 0.25) is 5.02 Å². The smallest absolute Gasteiger partial charge is 0.252 e. The third-order valence-corrected chi connectivity index (χ3v) is 6.46. The molecule has 0 aromatic heterocycles. The van der Waals surface area contributed by atoms with Crippen LogP contribution in [0.1, 0.15) is 28.2 Å². The second kappa shape index (κ2) is 12.4. The zero-order valence-corrected chi connectivity index (χ0v) is 21.9. The van der Waals surface area contributed by atoms with Crippen LogP contribution in [0, 0.1) is 0 Å². The van der Waals surface area contributed by atoms with Crippen LogP contribution in [0.3, 0.4) is 0 Å². The van der Waals surface area contributed by atoms with Crippen molar-refractivity contribution >= 4 is 39.7 Å². The van der Waals surface area contributed by atoms with Crippen molar-refractivity contribution in [2.24, 2.45) is 5.10 Å². The number of rotatable bonds is 9. The van der Waals surface area contributed by atoms with Crippen LogP contribution in [0.5, 0.6) is 11.5 Å². The lowest BCUT2D eigenvalue weighted by Gasteiger charge is -2.16. The second-order valence-corrected chi connectivity index (χ2v) is 9.16. The van der Waals surface area contributed by atoms with E-state index in [1.165, 1.54) is 0 Å². The zero-order chi connectivity index (χ0) is 25.3. The summed E-state index contributed by atoms with van der Waals surface area (Å²) in [6.07, 6.45) is 1.57. The molecule has 0 bridgehead atoms. The maximum atomic E-state index is 13.1. The van der Waals surface area contributed by atoms with E-state index in [2.05, 4.69) is 26.5 Å². The molecular weight excluding hydrogens is 540 g/mol. The van der Waals surface area contributed by atoms with E-state index in [0.29, 0.717) is 27.6 Å². The first-order chi connectivity index (χ1) is 17.6. The van der Waals surface area contributed by atoms with Crippen molar-refractivity contribution in [3.63, 3.8) is 0 Å². The molecule has 0 aliphatic rings. The van der Waals surface area contributed by atoms with Crippen LogP contribution < -0.4 is 14.9 Å². The third-order valence-electron chi connectivity index (χ3n) is 5.50. The molecule has 0 atom stereocenters. The van der Waals surface area contributed by atoms with Gasteiger partial charge in [-0.15, -0.1) is 0 Å². The Kier molecular flexibility index (Phi) is 8.76. The van der Waals surface area contributed by atoms with Gasteiger partial charge in [0.15, 0.2) is 11.5 Å². The average molecular weight is 564 g/mol. The number of amides is 1. The van der Waals surface area contributed by atoms with Gasteiger partial charge in [0.05, 0.1) is 23.7 Å². The van der Waals surface area contributed by atoms with Gasteiger partial charge in [0.1, 0.15) is 6.61 Å². The van der Waals surface area contributed by atoms with Gasteiger partial charge in [-0.25, -0.2) is 5.43 Å². The number of hydrogen-bond acceptors (Lipinski definition) is 4. The SMILES string of the molecule is COc1cc(/C=N/NC(=O)C(c2ccccc2)c2ccccc2)cc(Br)c1OCc1ccccc1Cl. The number of carbonyl (C=O) groups is 1. The predicted octanol–water partition coefficient (Wildman–Crippen LogP) is 6.97. The molecule has 4 rings (SSSR count). The third kappa shape index (κ3) is 6.33. The molecule has 1 N–H and O–H groups in total. The van der Waals surface area contributed by atoms with E-state index >= 15 is 0 Å². The predicted molar refractivity (Wildman–Crippen MR) is 147 cm³/mol. The molecule has 0 saturated carbocycles. The highest BCUT2D eigenvalue weighted by atomic mass is 79.9. The topological polar surface area (TPSA) is 59.9 Å². The highest BCUT2D eigenvalue weighted by Gasteiger charge is 2.22. The molecule has 7 heteroatoms. The van der Waals surface area contributed by atoms with E-state index in [1.807, 2.05) is 91.0 Å². The lowest BCUT2D eigenvalue weighted by Crippen LogP contribution is -2.26. The summed E-state index contributed by atoms with van der Waals surface area (Å²) in [6.45, 7) is 0.290. The van der Waals surface area contributed by atoms with Gasteiger partial charge < -0.3 is 9.47 Å². The fourth-order valence-electron chi connectivity index (χ4n) is 3.74. The van der Waals surface area contributed by atoms with Crippen molar-refractivity contribution in [3.05, 3.63) is 129 Å². The minimum Gasteiger partial charge on any atom is -0.493 e. The van der Waals surface area contributed by atoms with E-state index in [1.54, 1.807) is 19.4 Å². The summed E-state index contributed by atoms with van der Waals surface area (Å²) in [5, 5.41) is 4.84. The Morgan fingerprint density at radius 3 is 2.19 bits per heavy atom. The number of halogens is 2. The maximum Gasteiger partial charge on any atom is 0.252 e. The number of benzene rings is 4. The summed E-state index contributed by atoms with van der Waals surface area (Å²) < 4.78 is 12.2. The van der Waals surface area contributed by atoms with E-state index in [0.717, 1.165) is 22.3 Å². The average Bonchev–Trinajstić information content (AvgIpc) is 2.90. The molecule has 0 spiro atoms. The molecule has 36 heavy (non-hydrogen) atoms. The first kappa shape index (κ1) is 25.5.